The van der Waals surface area contributed by atoms with E-state index in [1.807, 2.05) is 0 Å². The minimum atomic E-state index is -0.783. The largest absolute Gasteiger partial charge is 0.318 e. The maximum Gasteiger partial charge on any atom is 0.314 e. The van der Waals surface area contributed by atoms with Crippen molar-refractivity contribution in [2.75, 3.05) is 22.1 Å². The number of nitrogens with one attached hydrogen (secondary N) is 2. The van der Waals surface area contributed by atoms with Gasteiger partial charge < -0.3 is 15.5 Å². The lowest BCUT2D eigenvalue weighted by Gasteiger charge is -2.16. The number of anilines is 3. The summed E-state index contributed by atoms with van der Waals surface area (Å²) in [5.74, 6) is -1.47. The highest BCUT2D eigenvalue weighted by molar-refractivity contribution is 6.44. The second-order valence-corrected chi connectivity index (χ2v) is 6.42. The highest BCUT2D eigenvalue weighted by atomic mass is 35.5. The molecule has 1 saturated heterocycles. The van der Waals surface area contributed by atoms with Crippen LogP contribution in [-0.4, -0.2) is 24.3 Å². The number of carbonyl (C=O) groups excluding carboxylic acids is 3. The Kier molecular flexibility index (Phi) is 5.23. The molecule has 0 spiro atoms. The third-order valence-electron chi connectivity index (χ3n) is 4.23. The highest BCUT2D eigenvalue weighted by Gasteiger charge is 2.21. The maximum absolute atomic E-state index is 12.1. The topological polar surface area (TPSA) is 78.5 Å². The standard InChI is InChI=1S/C19H18ClN3O3/c1-12-15(20)4-2-5-16(12)22-19(26)18(25)21-13-7-9-14(10-8-13)23-11-3-6-17(23)24/h2,4-5,7-10H,3,6,11H2,1H3,(H,21,25)(H,22,26). The van der Waals surface area contributed by atoms with Gasteiger partial charge in [0, 0.05) is 35.1 Å². The minimum absolute atomic E-state index is 0.0954. The van der Waals surface area contributed by atoms with Gasteiger partial charge in [0.2, 0.25) is 5.91 Å². The van der Waals surface area contributed by atoms with Crippen LogP contribution in [0, 0.1) is 6.92 Å². The molecule has 2 aromatic rings. The van der Waals surface area contributed by atoms with Crippen LogP contribution in [-0.2, 0) is 14.4 Å². The van der Waals surface area contributed by atoms with Crippen molar-refractivity contribution < 1.29 is 14.4 Å². The Balaban J connectivity index is 1.63. The summed E-state index contributed by atoms with van der Waals surface area (Å²) in [4.78, 5) is 37.6. The van der Waals surface area contributed by atoms with Crippen molar-refractivity contribution >= 4 is 46.4 Å². The van der Waals surface area contributed by atoms with E-state index >= 15 is 0 Å². The van der Waals surface area contributed by atoms with E-state index in [1.165, 1.54) is 0 Å². The van der Waals surface area contributed by atoms with Gasteiger partial charge in [-0.3, -0.25) is 14.4 Å². The molecule has 134 valence electrons. The molecule has 0 aromatic heterocycles. The summed E-state index contributed by atoms with van der Waals surface area (Å²) in [6.07, 6.45) is 1.40. The number of nitrogens with zero attached hydrogens (tertiary/aromatic N) is 1. The summed E-state index contributed by atoms with van der Waals surface area (Å²) in [5.41, 5.74) is 2.43. The van der Waals surface area contributed by atoms with Crippen LogP contribution in [0.15, 0.2) is 42.5 Å². The zero-order valence-corrected chi connectivity index (χ0v) is 15.0. The lowest BCUT2D eigenvalue weighted by atomic mass is 10.2. The zero-order valence-electron chi connectivity index (χ0n) is 14.2. The molecule has 7 heteroatoms. The van der Waals surface area contributed by atoms with E-state index in [4.69, 9.17) is 11.6 Å². The minimum Gasteiger partial charge on any atom is -0.318 e. The van der Waals surface area contributed by atoms with Crippen molar-refractivity contribution in [3.63, 3.8) is 0 Å². The molecule has 0 bridgehead atoms. The first kappa shape index (κ1) is 17.9. The van der Waals surface area contributed by atoms with Gasteiger partial charge >= 0.3 is 11.8 Å². The van der Waals surface area contributed by atoms with Gasteiger partial charge in [0.05, 0.1) is 0 Å². The second kappa shape index (κ2) is 7.58. The molecule has 0 saturated carbocycles. The Morgan fingerprint density at radius 2 is 1.73 bits per heavy atom. The van der Waals surface area contributed by atoms with E-state index in [9.17, 15) is 14.4 Å². The molecule has 0 aliphatic carbocycles. The van der Waals surface area contributed by atoms with Crippen LogP contribution in [0.25, 0.3) is 0 Å². The number of hydrogen-bond donors (Lipinski definition) is 2. The highest BCUT2D eigenvalue weighted by Crippen LogP contribution is 2.24. The summed E-state index contributed by atoms with van der Waals surface area (Å²) in [5, 5.41) is 5.59. The Morgan fingerprint density at radius 1 is 1.04 bits per heavy atom. The van der Waals surface area contributed by atoms with Crippen molar-refractivity contribution in [1.29, 1.82) is 0 Å². The average Bonchev–Trinajstić information content (AvgIpc) is 3.05. The molecular weight excluding hydrogens is 354 g/mol. The van der Waals surface area contributed by atoms with Crippen LogP contribution in [0.2, 0.25) is 5.02 Å². The Bertz CT molecular complexity index is 865. The summed E-state index contributed by atoms with van der Waals surface area (Å²) in [7, 11) is 0. The van der Waals surface area contributed by atoms with Gasteiger partial charge in [-0.2, -0.15) is 0 Å². The fraction of sp³-hybridized carbons (Fsp3) is 0.211. The molecule has 1 fully saturated rings. The van der Waals surface area contributed by atoms with Crippen LogP contribution >= 0.6 is 11.6 Å². The fourth-order valence-corrected chi connectivity index (χ4v) is 2.93. The monoisotopic (exact) mass is 371 g/mol. The van der Waals surface area contributed by atoms with Crippen LogP contribution in [0.5, 0.6) is 0 Å². The number of amides is 3. The zero-order chi connectivity index (χ0) is 18.7. The number of rotatable bonds is 3. The number of carbonyl (C=O) groups is 3. The average molecular weight is 372 g/mol. The maximum atomic E-state index is 12.1. The van der Waals surface area contributed by atoms with Crippen molar-refractivity contribution in [2.45, 2.75) is 19.8 Å². The lowest BCUT2D eigenvalue weighted by Crippen LogP contribution is -2.29. The molecule has 1 aliphatic heterocycles. The third-order valence-corrected chi connectivity index (χ3v) is 4.64. The van der Waals surface area contributed by atoms with E-state index in [-0.39, 0.29) is 5.91 Å². The molecule has 1 aliphatic rings. The third kappa shape index (κ3) is 3.86. The van der Waals surface area contributed by atoms with Crippen LogP contribution < -0.4 is 15.5 Å². The lowest BCUT2D eigenvalue weighted by molar-refractivity contribution is -0.133. The van der Waals surface area contributed by atoms with Crippen molar-refractivity contribution in [1.82, 2.24) is 0 Å². The van der Waals surface area contributed by atoms with Gasteiger partial charge in [0.25, 0.3) is 0 Å². The van der Waals surface area contributed by atoms with Gasteiger partial charge in [-0.15, -0.1) is 0 Å². The first-order valence-electron chi connectivity index (χ1n) is 8.23. The number of halogens is 1. The first-order valence-corrected chi connectivity index (χ1v) is 8.61. The molecule has 2 N–H and O–H groups in total. The van der Waals surface area contributed by atoms with Gasteiger partial charge in [-0.05, 0) is 55.3 Å². The van der Waals surface area contributed by atoms with Crippen molar-refractivity contribution in [3.8, 4) is 0 Å². The predicted molar refractivity (Wildman–Crippen MR) is 101 cm³/mol. The molecule has 6 nitrogen and oxygen atoms in total. The van der Waals surface area contributed by atoms with E-state index < -0.39 is 11.8 Å². The summed E-state index contributed by atoms with van der Waals surface area (Å²) in [6, 6.07) is 11.9. The normalized spacial score (nSPS) is 13.6. The van der Waals surface area contributed by atoms with Crippen molar-refractivity contribution in [3.05, 3.63) is 53.1 Å². The first-order chi connectivity index (χ1) is 12.5. The Labute approximate surface area is 156 Å². The molecule has 3 rings (SSSR count). The van der Waals surface area contributed by atoms with Gasteiger partial charge in [-0.25, -0.2) is 0 Å². The van der Waals surface area contributed by atoms with Crippen LogP contribution in [0.1, 0.15) is 18.4 Å². The quantitative estimate of drug-likeness (QED) is 0.812. The van der Waals surface area contributed by atoms with Gasteiger partial charge in [-0.1, -0.05) is 17.7 Å². The molecule has 1 heterocycles. The second-order valence-electron chi connectivity index (χ2n) is 6.02. The van der Waals surface area contributed by atoms with Crippen LogP contribution in [0.4, 0.5) is 17.1 Å². The predicted octanol–water partition coefficient (Wildman–Crippen LogP) is 3.35. The number of benzene rings is 2. The molecule has 2 aromatic carbocycles. The van der Waals surface area contributed by atoms with E-state index in [2.05, 4.69) is 10.6 Å². The molecule has 0 atom stereocenters. The molecule has 26 heavy (non-hydrogen) atoms. The van der Waals surface area contributed by atoms with E-state index in [0.717, 1.165) is 12.1 Å². The molecule has 3 amide bonds. The number of hydrogen-bond acceptors (Lipinski definition) is 3. The smallest absolute Gasteiger partial charge is 0.314 e. The molecule has 0 unspecified atom stereocenters. The fourth-order valence-electron chi connectivity index (χ4n) is 2.76. The summed E-state index contributed by atoms with van der Waals surface area (Å²) >= 11 is 6.01. The van der Waals surface area contributed by atoms with Crippen LogP contribution in [0.3, 0.4) is 0 Å². The Morgan fingerprint density at radius 3 is 2.38 bits per heavy atom. The van der Waals surface area contributed by atoms with E-state index in [1.54, 1.807) is 54.3 Å². The van der Waals surface area contributed by atoms with Gasteiger partial charge in [0.15, 0.2) is 0 Å². The molecular formula is C19H18ClN3O3. The van der Waals surface area contributed by atoms with E-state index in [0.29, 0.717) is 34.9 Å². The SMILES string of the molecule is Cc1c(Cl)cccc1NC(=O)C(=O)Nc1ccc(N2CCCC2=O)cc1. The Hall–Kier alpha value is -2.86. The molecule has 0 radical (unpaired) electrons. The van der Waals surface area contributed by atoms with Crippen molar-refractivity contribution in [2.24, 2.45) is 0 Å². The summed E-state index contributed by atoms with van der Waals surface area (Å²) in [6.45, 7) is 2.46. The van der Waals surface area contributed by atoms with Gasteiger partial charge in [0.1, 0.15) is 0 Å². The summed E-state index contributed by atoms with van der Waals surface area (Å²) < 4.78 is 0.